The van der Waals surface area contributed by atoms with E-state index in [1.54, 1.807) is 0 Å². The Hall–Kier alpha value is 0.430. The van der Waals surface area contributed by atoms with Gasteiger partial charge in [-0.15, -0.1) is 0 Å². The predicted molar refractivity (Wildman–Crippen MR) is 126 cm³/mol. The van der Waals surface area contributed by atoms with Gasteiger partial charge in [-0.3, -0.25) is 0 Å². The maximum Gasteiger partial charge on any atom is 0.0808 e. The first kappa shape index (κ1) is 28.4. The van der Waals surface area contributed by atoms with E-state index in [0.717, 1.165) is 4.48 Å². The van der Waals surface area contributed by atoms with Crippen LogP contribution in [0.15, 0.2) is 0 Å². The van der Waals surface area contributed by atoms with Crippen molar-refractivity contribution in [3.8, 4) is 5.75 Å². The van der Waals surface area contributed by atoms with Gasteiger partial charge in [0.15, 0.2) is 0 Å². The van der Waals surface area contributed by atoms with E-state index in [2.05, 4.69) is 28.1 Å². The van der Waals surface area contributed by atoms with Gasteiger partial charge in [0.25, 0.3) is 0 Å². The van der Waals surface area contributed by atoms with Crippen molar-refractivity contribution in [1.29, 1.82) is 0 Å². The lowest BCUT2D eigenvalue weighted by molar-refractivity contribution is -0.870. The third-order valence-electron chi connectivity index (χ3n) is 4.35. The van der Waals surface area contributed by atoms with Gasteiger partial charge in [-0.05, 0) is 12.8 Å². The Labute approximate surface area is 196 Å². The lowest BCUT2D eigenvalue weighted by Gasteiger charge is -2.23. The maximum absolute atomic E-state index is 11.1. The van der Waals surface area contributed by atoms with Crippen molar-refractivity contribution in [1.82, 2.24) is 0 Å². The summed E-state index contributed by atoms with van der Waals surface area (Å²) in [5.74, 6) is -0.613. The fraction of sp³-hybridized carbons (Fsp3) is 0.714. The first-order valence-electron chi connectivity index (χ1n) is 10.0. The van der Waals surface area contributed by atoms with Gasteiger partial charge in [0.05, 0.1) is 52.8 Å². The summed E-state index contributed by atoms with van der Waals surface area (Å²) >= 11 is 27.7. The van der Waals surface area contributed by atoms with Crippen molar-refractivity contribution in [3.63, 3.8) is 0 Å². The highest BCUT2D eigenvalue weighted by Crippen LogP contribution is 2.46. The fourth-order valence-electron chi connectivity index (χ4n) is 2.66. The van der Waals surface area contributed by atoms with Crippen molar-refractivity contribution >= 4 is 58.0 Å². The van der Waals surface area contributed by atoms with E-state index in [1.807, 2.05) is 0 Å². The largest absolute Gasteiger partial charge is 0.870 e. The Morgan fingerprint density at radius 3 is 1.25 bits per heavy atom. The summed E-state index contributed by atoms with van der Waals surface area (Å²) in [6, 6.07) is 0. The molecule has 0 spiro atoms. The second kappa shape index (κ2) is 15.3. The summed E-state index contributed by atoms with van der Waals surface area (Å²) in [6.45, 7) is 3.62. The zero-order valence-corrected chi connectivity index (χ0v) is 21.3. The van der Waals surface area contributed by atoms with Gasteiger partial charge in [-0.25, -0.2) is 0 Å². The highest BCUT2D eigenvalue weighted by Gasteiger charge is 2.13. The molecule has 0 unspecified atom stereocenters. The number of halogens is 5. The minimum Gasteiger partial charge on any atom is -0.870 e. The van der Waals surface area contributed by atoms with Crippen molar-refractivity contribution < 1.29 is 9.59 Å². The second-order valence-electron chi connectivity index (χ2n) is 8.09. The highest BCUT2D eigenvalue weighted by molar-refractivity contribution is 6.55. The average molecular weight is 494 g/mol. The Morgan fingerprint density at radius 1 is 0.571 bits per heavy atom. The third kappa shape index (κ3) is 12.2. The van der Waals surface area contributed by atoms with Crippen LogP contribution in [0.3, 0.4) is 0 Å². The molecule has 0 saturated carbocycles. The van der Waals surface area contributed by atoms with Crippen molar-refractivity contribution in [2.24, 2.45) is 0 Å². The predicted octanol–water partition coefficient (Wildman–Crippen LogP) is 8.64. The Morgan fingerprint density at radius 2 is 0.893 bits per heavy atom. The molecule has 2 nitrogen and oxygen atoms in total. The molecular weight excluding hydrogens is 460 g/mol. The van der Waals surface area contributed by atoms with Crippen LogP contribution in [-0.4, -0.2) is 32.2 Å². The standard InChI is InChI=1S/C15H34N.C6HCl5O/c1-5-6-7-8-9-10-11-12-13-14-15-16(2,3)4;7-1-2(8)4(10)6(12)5(11)3(1)9/h5-15H2,1-4H3;12H/q+1;/p-1. The maximum atomic E-state index is 11.1. The van der Waals surface area contributed by atoms with Gasteiger partial charge in [0.1, 0.15) is 0 Å². The van der Waals surface area contributed by atoms with Crippen LogP contribution in [0.2, 0.25) is 25.1 Å². The van der Waals surface area contributed by atoms with Crippen LogP contribution in [0.5, 0.6) is 5.75 Å². The van der Waals surface area contributed by atoms with Crippen molar-refractivity contribution in [3.05, 3.63) is 25.1 Å². The van der Waals surface area contributed by atoms with E-state index in [1.165, 1.54) is 70.8 Å². The summed E-state index contributed by atoms with van der Waals surface area (Å²) in [7, 11) is 6.86. The van der Waals surface area contributed by atoms with E-state index in [0.29, 0.717) is 0 Å². The summed E-state index contributed by atoms with van der Waals surface area (Å²) in [6.07, 6.45) is 14.4. The fourth-order valence-corrected chi connectivity index (χ4v) is 3.78. The molecule has 1 rings (SSSR count). The molecular formula is C21H34Cl5NO. The number of rotatable bonds is 11. The molecule has 0 amide bonds. The number of quaternary nitrogens is 1. The lowest BCUT2D eigenvalue weighted by atomic mass is 10.1. The SMILES string of the molecule is CCCCCCCCCCCC[N+](C)(C)C.[O-]c1c(Cl)c(Cl)c(Cl)c(Cl)c1Cl. The summed E-state index contributed by atoms with van der Waals surface area (Å²) in [5.41, 5.74) is 0. The topological polar surface area (TPSA) is 23.1 Å². The monoisotopic (exact) mass is 491 g/mol. The third-order valence-corrected chi connectivity index (χ3v) is 6.59. The van der Waals surface area contributed by atoms with Gasteiger partial charge in [-0.1, -0.05) is 122 Å². The quantitative estimate of drug-likeness (QED) is 0.131. The van der Waals surface area contributed by atoms with Gasteiger partial charge >= 0.3 is 0 Å². The zero-order chi connectivity index (χ0) is 21.7. The summed E-state index contributed by atoms with van der Waals surface area (Å²) in [5, 5.41) is 10.5. The molecule has 0 atom stereocenters. The number of nitrogens with zero attached hydrogens (tertiary/aromatic N) is 1. The summed E-state index contributed by atoms with van der Waals surface area (Å²) < 4.78 is 1.12. The zero-order valence-electron chi connectivity index (χ0n) is 17.5. The first-order valence-corrected chi connectivity index (χ1v) is 11.9. The molecule has 0 bridgehead atoms. The molecule has 1 aromatic carbocycles. The molecule has 0 N–H and O–H groups in total. The molecule has 1 aromatic rings. The molecule has 0 heterocycles. The average Bonchev–Trinajstić information content (AvgIpc) is 2.64. The van der Waals surface area contributed by atoms with Crippen LogP contribution in [0, 0.1) is 0 Å². The van der Waals surface area contributed by atoms with Gasteiger partial charge in [-0.2, -0.15) is 0 Å². The van der Waals surface area contributed by atoms with Crippen LogP contribution in [0.1, 0.15) is 71.1 Å². The molecule has 7 heteroatoms. The van der Waals surface area contributed by atoms with Crippen LogP contribution < -0.4 is 5.11 Å². The molecule has 0 aliphatic rings. The second-order valence-corrected chi connectivity index (χ2v) is 9.98. The van der Waals surface area contributed by atoms with E-state index in [-0.39, 0.29) is 25.1 Å². The molecule has 28 heavy (non-hydrogen) atoms. The molecule has 164 valence electrons. The Kier molecular flexibility index (Phi) is 15.5. The first-order chi connectivity index (χ1) is 13.0. The molecule has 0 aliphatic carbocycles. The van der Waals surface area contributed by atoms with E-state index in [9.17, 15) is 5.11 Å². The molecule has 0 saturated heterocycles. The number of hydrogen-bond acceptors (Lipinski definition) is 1. The Balaban J connectivity index is 0.000000540. The van der Waals surface area contributed by atoms with Crippen molar-refractivity contribution in [2.45, 2.75) is 71.1 Å². The van der Waals surface area contributed by atoms with Crippen LogP contribution in [0.25, 0.3) is 0 Å². The molecule has 0 aromatic heterocycles. The highest BCUT2D eigenvalue weighted by atomic mass is 35.5. The summed E-state index contributed by atoms with van der Waals surface area (Å²) in [4.78, 5) is 0. The van der Waals surface area contributed by atoms with E-state index < -0.39 is 5.75 Å². The number of hydrogen-bond donors (Lipinski definition) is 0. The van der Waals surface area contributed by atoms with Crippen LogP contribution in [-0.2, 0) is 0 Å². The minimum atomic E-state index is -0.613. The minimum absolute atomic E-state index is 0.00654. The normalized spacial score (nSPS) is 11.3. The molecule has 0 fully saturated rings. The van der Waals surface area contributed by atoms with Crippen molar-refractivity contribution in [2.75, 3.05) is 27.7 Å². The number of benzene rings is 1. The van der Waals surface area contributed by atoms with Gasteiger partial charge < -0.3 is 9.59 Å². The molecule has 0 aliphatic heterocycles. The lowest BCUT2D eigenvalue weighted by Crippen LogP contribution is -2.35. The van der Waals surface area contributed by atoms with E-state index >= 15 is 0 Å². The van der Waals surface area contributed by atoms with Crippen LogP contribution in [0.4, 0.5) is 0 Å². The van der Waals surface area contributed by atoms with Gasteiger partial charge in [0, 0.05) is 0 Å². The van der Waals surface area contributed by atoms with Gasteiger partial charge in [0.2, 0.25) is 0 Å². The smallest absolute Gasteiger partial charge is 0.0808 e. The Bertz CT molecular complexity index is 468. The molecule has 0 radical (unpaired) electrons. The number of unbranched alkanes of at least 4 members (excludes halogenated alkanes) is 9. The van der Waals surface area contributed by atoms with Crippen LogP contribution >= 0.6 is 58.0 Å². The van der Waals surface area contributed by atoms with E-state index in [4.69, 9.17) is 58.0 Å².